The van der Waals surface area contributed by atoms with Crippen molar-refractivity contribution in [3.8, 4) is 0 Å². The van der Waals surface area contributed by atoms with Crippen molar-refractivity contribution in [1.29, 1.82) is 0 Å². The SMILES string of the molecule is O=C(c1ccncc1)N1C[C@H](c2ccsc2)[C@H]2CN(Cc3ccsc3)CC[C@H]21. The standard InChI is InChI=1S/C22H23N3OS2/c26-22(17-1-6-23-7-2-17)25-13-19(18-5-10-28-15-18)20-12-24(8-3-21(20)25)11-16-4-9-27-14-16/h1-2,4-7,9-10,14-15,19-21H,3,8,11-13H2/t19-,20-,21-/m1/s1. The smallest absolute Gasteiger partial charge is 0.254 e. The Morgan fingerprint density at radius 3 is 2.64 bits per heavy atom. The molecule has 0 unspecified atom stereocenters. The van der Waals surface area contributed by atoms with Gasteiger partial charge in [0, 0.05) is 62.0 Å². The highest BCUT2D eigenvalue weighted by Crippen LogP contribution is 2.42. The highest BCUT2D eigenvalue weighted by atomic mass is 32.1. The summed E-state index contributed by atoms with van der Waals surface area (Å²) in [5.74, 6) is 1.07. The minimum Gasteiger partial charge on any atom is -0.335 e. The van der Waals surface area contributed by atoms with Crippen LogP contribution >= 0.6 is 22.7 Å². The van der Waals surface area contributed by atoms with Gasteiger partial charge in [-0.25, -0.2) is 0 Å². The summed E-state index contributed by atoms with van der Waals surface area (Å²) in [6.45, 7) is 3.94. The maximum Gasteiger partial charge on any atom is 0.254 e. The van der Waals surface area contributed by atoms with Crippen molar-refractivity contribution in [1.82, 2.24) is 14.8 Å². The molecule has 0 radical (unpaired) electrons. The predicted octanol–water partition coefficient (Wildman–Crippen LogP) is 4.33. The fraction of sp³-hybridized carbons (Fsp3) is 0.364. The first-order valence-corrected chi connectivity index (χ1v) is 11.6. The van der Waals surface area contributed by atoms with E-state index in [0.29, 0.717) is 17.9 Å². The number of rotatable bonds is 4. The Morgan fingerprint density at radius 2 is 1.89 bits per heavy atom. The lowest BCUT2D eigenvalue weighted by Gasteiger charge is -2.38. The van der Waals surface area contributed by atoms with Crippen molar-refractivity contribution in [2.24, 2.45) is 5.92 Å². The molecule has 1 amide bonds. The molecule has 3 aromatic rings. The third-order valence-electron chi connectivity index (χ3n) is 6.16. The molecule has 6 heteroatoms. The fourth-order valence-corrected chi connectivity index (χ4v) is 6.21. The van der Waals surface area contributed by atoms with E-state index < -0.39 is 0 Å². The van der Waals surface area contributed by atoms with Crippen molar-refractivity contribution in [3.05, 3.63) is 74.9 Å². The van der Waals surface area contributed by atoms with Crippen LogP contribution in [0, 0.1) is 5.92 Å². The molecule has 0 bridgehead atoms. The van der Waals surface area contributed by atoms with Crippen molar-refractivity contribution >= 4 is 28.6 Å². The van der Waals surface area contributed by atoms with Crippen LogP contribution in [0.1, 0.15) is 33.8 Å². The largest absolute Gasteiger partial charge is 0.335 e. The fourth-order valence-electron chi connectivity index (χ4n) is 4.82. The Bertz CT molecular complexity index is 911. The Hall–Kier alpha value is -2.02. The van der Waals surface area contributed by atoms with E-state index in [1.54, 1.807) is 35.1 Å². The molecule has 0 aliphatic carbocycles. The van der Waals surface area contributed by atoms with Gasteiger partial charge in [0.2, 0.25) is 0 Å². The van der Waals surface area contributed by atoms with Crippen LogP contribution in [-0.4, -0.2) is 46.4 Å². The Morgan fingerprint density at radius 1 is 1.07 bits per heavy atom. The van der Waals surface area contributed by atoms with E-state index in [1.807, 2.05) is 12.1 Å². The molecule has 2 aliphatic heterocycles. The molecule has 0 aromatic carbocycles. The van der Waals surface area contributed by atoms with Crippen molar-refractivity contribution < 1.29 is 4.79 Å². The zero-order valence-corrected chi connectivity index (χ0v) is 17.2. The number of carbonyl (C=O) groups excluding carboxylic acids is 1. The number of hydrogen-bond acceptors (Lipinski definition) is 5. The summed E-state index contributed by atoms with van der Waals surface area (Å²) in [5.41, 5.74) is 3.54. The van der Waals surface area contributed by atoms with E-state index in [9.17, 15) is 4.79 Å². The predicted molar refractivity (Wildman–Crippen MR) is 114 cm³/mol. The molecule has 4 nitrogen and oxygen atoms in total. The molecule has 2 saturated heterocycles. The number of likely N-dealkylation sites (tertiary alicyclic amines) is 2. The summed E-state index contributed by atoms with van der Waals surface area (Å²) < 4.78 is 0. The molecule has 0 saturated carbocycles. The number of hydrogen-bond donors (Lipinski definition) is 0. The third kappa shape index (κ3) is 3.41. The zero-order valence-electron chi connectivity index (χ0n) is 15.6. The van der Waals surface area contributed by atoms with Gasteiger partial charge in [0.05, 0.1) is 0 Å². The number of carbonyl (C=O) groups is 1. The molecule has 28 heavy (non-hydrogen) atoms. The van der Waals surface area contributed by atoms with E-state index in [-0.39, 0.29) is 5.91 Å². The summed E-state index contributed by atoms with van der Waals surface area (Å²) in [6.07, 6.45) is 4.47. The second-order valence-electron chi connectivity index (χ2n) is 7.74. The summed E-state index contributed by atoms with van der Waals surface area (Å²) in [4.78, 5) is 22.0. The maximum atomic E-state index is 13.2. The minimum atomic E-state index is 0.154. The number of fused-ring (bicyclic) bond motifs is 1. The third-order valence-corrected chi connectivity index (χ3v) is 7.59. The summed E-state index contributed by atoms with van der Waals surface area (Å²) >= 11 is 3.52. The molecular formula is C22H23N3OS2. The molecule has 2 aliphatic rings. The van der Waals surface area contributed by atoms with E-state index in [1.165, 1.54) is 11.1 Å². The second-order valence-corrected chi connectivity index (χ2v) is 9.30. The zero-order chi connectivity index (χ0) is 18.9. The van der Waals surface area contributed by atoms with Crippen molar-refractivity contribution in [2.45, 2.75) is 24.9 Å². The highest BCUT2D eigenvalue weighted by molar-refractivity contribution is 7.08. The van der Waals surface area contributed by atoms with Gasteiger partial charge in [-0.15, -0.1) is 0 Å². The van der Waals surface area contributed by atoms with Crippen molar-refractivity contribution in [3.63, 3.8) is 0 Å². The Labute approximate surface area is 173 Å². The average molecular weight is 410 g/mol. The van der Waals surface area contributed by atoms with Gasteiger partial charge in [-0.3, -0.25) is 14.7 Å². The van der Waals surface area contributed by atoms with Gasteiger partial charge in [0.15, 0.2) is 0 Å². The minimum absolute atomic E-state index is 0.154. The number of aromatic nitrogens is 1. The molecule has 3 aromatic heterocycles. The van der Waals surface area contributed by atoms with Gasteiger partial charge < -0.3 is 4.90 Å². The number of pyridine rings is 1. The van der Waals surface area contributed by atoms with E-state index in [2.05, 4.69) is 48.4 Å². The van der Waals surface area contributed by atoms with Gasteiger partial charge in [-0.1, -0.05) is 0 Å². The molecule has 5 heterocycles. The van der Waals surface area contributed by atoms with Crippen LogP contribution in [0.4, 0.5) is 0 Å². The average Bonchev–Trinajstić information content (AvgIpc) is 3.49. The first-order valence-electron chi connectivity index (χ1n) is 9.76. The molecule has 144 valence electrons. The van der Waals surface area contributed by atoms with E-state index in [0.717, 1.165) is 38.2 Å². The number of thiophene rings is 2. The lowest BCUT2D eigenvalue weighted by Crippen LogP contribution is -2.47. The van der Waals surface area contributed by atoms with Crippen LogP contribution in [0.5, 0.6) is 0 Å². The molecule has 3 atom stereocenters. The highest BCUT2D eigenvalue weighted by Gasteiger charge is 2.47. The second kappa shape index (κ2) is 7.78. The summed E-state index contributed by atoms with van der Waals surface area (Å²) in [5, 5.41) is 8.82. The number of amides is 1. The first kappa shape index (κ1) is 18.0. The molecule has 2 fully saturated rings. The van der Waals surface area contributed by atoms with Gasteiger partial charge in [0.1, 0.15) is 0 Å². The van der Waals surface area contributed by atoms with E-state index in [4.69, 9.17) is 0 Å². The van der Waals surface area contributed by atoms with Crippen LogP contribution in [0.25, 0.3) is 0 Å². The Balaban J connectivity index is 1.40. The first-order chi connectivity index (χ1) is 13.8. The van der Waals surface area contributed by atoms with Crippen LogP contribution in [0.15, 0.2) is 58.2 Å². The van der Waals surface area contributed by atoms with Crippen molar-refractivity contribution in [2.75, 3.05) is 19.6 Å². The lowest BCUT2D eigenvalue weighted by atomic mass is 9.82. The number of piperidine rings is 1. The van der Waals surface area contributed by atoms with Crippen LogP contribution in [-0.2, 0) is 6.54 Å². The summed E-state index contributed by atoms with van der Waals surface area (Å²) in [7, 11) is 0. The van der Waals surface area contributed by atoms with E-state index >= 15 is 0 Å². The van der Waals surface area contributed by atoms with Crippen LogP contribution in [0.3, 0.4) is 0 Å². The molecule has 0 spiro atoms. The number of nitrogens with zero attached hydrogens (tertiary/aromatic N) is 3. The normalized spacial score (nSPS) is 25.0. The van der Waals surface area contributed by atoms with Crippen LogP contribution in [0.2, 0.25) is 0 Å². The van der Waals surface area contributed by atoms with Gasteiger partial charge in [0.25, 0.3) is 5.91 Å². The Kier molecular flexibility index (Phi) is 5.01. The van der Waals surface area contributed by atoms with Gasteiger partial charge >= 0.3 is 0 Å². The topological polar surface area (TPSA) is 36.4 Å². The molecule has 0 N–H and O–H groups in total. The van der Waals surface area contributed by atoms with Crippen LogP contribution < -0.4 is 0 Å². The van der Waals surface area contributed by atoms with Gasteiger partial charge in [-0.05, 0) is 63.3 Å². The molecule has 5 rings (SSSR count). The lowest BCUT2D eigenvalue weighted by molar-refractivity contribution is 0.0614. The molecular weight excluding hydrogens is 386 g/mol. The quantitative estimate of drug-likeness (QED) is 0.643. The maximum absolute atomic E-state index is 13.2. The monoisotopic (exact) mass is 409 g/mol. The summed E-state index contributed by atoms with van der Waals surface area (Å²) in [6, 6.07) is 8.46. The van der Waals surface area contributed by atoms with Gasteiger partial charge in [-0.2, -0.15) is 22.7 Å².